The van der Waals surface area contributed by atoms with Gasteiger partial charge in [-0.15, -0.1) is 13.2 Å². The molecule has 1 fully saturated rings. The zero-order valence-corrected chi connectivity index (χ0v) is 29.2. The molecule has 0 amide bonds. The first kappa shape index (κ1) is 38.0. The third-order valence-electron chi connectivity index (χ3n) is 8.81. The van der Waals surface area contributed by atoms with Crippen molar-refractivity contribution in [1.82, 2.24) is 0 Å². The van der Waals surface area contributed by atoms with Crippen LogP contribution in [0.25, 0.3) is 0 Å². The molecule has 8 nitrogen and oxygen atoms in total. The summed E-state index contributed by atoms with van der Waals surface area (Å²) in [6, 6.07) is 33.1. The molecule has 0 radical (unpaired) electrons. The molecule has 1 aliphatic rings. The van der Waals surface area contributed by atoms with Crippen LogP contribution in [0.5, 0.6) is 11.5 Å². The third kappa shape index (κ3) is 10.2. The van der Waals surface area contributed by atoms with Crippen LogP contribution in [0.2, 0.25) is 0 Å². The van der Waals surface area contributed by atoms with Gasteiger partial charge in [0.2, 0.25) is 0 Å². The predicted molar refractivity (Wildman–Crippen MR) is 199 cm³/mol. The molecule has 0 aliphatic carbocycles. The highest BCUT2D eigenvalue weighted by Gasteiger charge is 2.39. The topological polar surface area (TPSA) is 110 Å². The highest BCUT2D eigenvalue weighted by atomic mass is 16.6. The van der Waals surface area contributed by atoms with Gasteiger partial charge < -0.3 is 39.0 Å². The summed E-state index contributed by atoms with van der Waals surface area (Å²) in [7, 11) is 0. The lowest BCUT2D eigenvalue weighted by molar-refractivity contribution is 0.0212. The Morgan fingerprint density at radius 2 is 1.25 bits per heavy atom. The number of benzene rings is 4. The molecule has 51 heavy (non-hydrogen) atoms. The minimum Gasteiger partial charge on any atom is -0.491 e. The van der Waals surface area contributed by atoms with E-state index in [4.69, 9.17) is 23.7 Å². The van der Waals surface area contributed by atoms with Gasteiger partial charge in [-0.3, -0.25) is 0 Å². The summed E-state index contributed by atoms with van der Waals surface area (Å²) < 4.78 is 28.9. The molecule has 4 aromatic carbocycles. The van der Waals surface area contributed by atoms with Crippen molar-refractivity contribution in [3.63, 3.8) is 0 Å². The van der Waals surface area contributed by atoms with Crippen LogP contribution < -0.4 is 9.47 Å². The summed E-state index contributed by atoms with van der Waals surface area (Å²) in [5.41, 5.74) is 5.05. The van der Waals surface area contributed by atoms with Crippen LogP contribution in [0.1, 0.15) is 39.8 Å². The molecule has 0 aromatic heterocycles. The molecule has 0 bridgehead atoms. The molecule has 0 spiro atoms. The SMILES string of the molecule is C=CCOCC(O)COc1ccc(C(c2ccccc2)(c2ccccc2)c2ccc(OCC3CO3)c(CC(O)COCC=C)c2)cc1CCCO. The Morgan fingerprint density at radius 1 is 0.706 bits per heavy atom. The summed E-state index contributed by atoms with van der Waals surface area (Å²) in [4.78, 5) is 0. The van der Waals surface area contributed by atoms with Crippen LogP contribution in [0.4, 0.5) is 0 Å². The van der Waals surface area contributed by atoms with E-state index in [-0.39, 0.29) is 32.5 Å². The van der Waals surface area contributed by atoms with Crippen molar-refractivity contribution in [3.05, 3.63) is 156 Å². The van der Waals surface area contributed by atoms with Crippen molar-refractivity contribution in [2.75, 3.05) is 52.9 Å². The number of epoxide rings is 1. The Morgan fingerprint density at radius 3 is 1.80 bits per heavy atom. The van der Waals surface area contributed by atoms with Gasteiger partial charge >= 0.3 is 0 Å². The van der Waals surface area contributed by atoms with E-state index < -0.39 is 17.6 Å². The summed E-state index contributed by atoms with van der Waals surface area (Å²) in [6.07, 6.45) is 3.23. The Hall–Kier alpha value is -4.28. The average Bonchev–Trinajstić information content (AvgIpc) is 3.99. The largest absolute Gasteiger partial charge is 0.491 e. The van der Waals surface area contributed by atoms with E-state index in [0.29, 0.717) is 57.2 Å². The number of aliphatic hydroxyl groups excluding tert-OH is 3. The van der Waals surface area contributed by atoms with Gasteiger partial charge in [-0.2, -0.15) is 0 Å². The monoisotopic (exact) mass is 694 g/mol. The van der Waals surface area contributed by atoms with E-state index in [1.807, 2.05) is 48.5 Å². The molecular formula is C43H50O8. The first-order valence-electron chi connectivity index (χ1n) is 17.6. The molecular weight excluding hydrogens is 644 g/mol. The molecule has 4 aromatic rings. The molecule has 1 aliphatic heterocycles. The fourth-order valence-electron chi connectivity index (χ4n) is 6.38. The second kappa shape index (κ2) is 19.4. The number of aliphatic hydroxyl groups is 3. The van der Waals surface area contributed by atoms with Crippen LogP contribution in [0.3, 0.4) is 0 Å². The van der Waals surface area contributed by atoms with E-state index >= 15 is 0 Å². The van der Waals surface area contributed by atoms with Gasteiger partial charge in [-0.25, -0.2) is 0 Å². The molecule has 8 heteroatoms. The van der Waals surface area contributed by atoms with Gasteiger partial charge in [0.15, 0.2) is 0 Å². The molecule has 1 heterocycles. The summed E-state index contributed by atoms with van der Waals surface area (Å²) in [5, 5.41) is 31.4. The van der Waals surface area contributed by atoms with E-state index in [2.05, 4.69) is 61.7 Å². The van der Waals surface area contributed by atoms with Crippen molar-refractivity contribution >= 4 is 0 Å². The lowest BCUT2D eigenvalue weighted by Gasteiger charge is -2.38. The number of hydrogen-bond donors (Lipinski definition) is 3. The number of rotatable bonds is 23. The molecule has 3 atom stereocenters. The molecule has 270 valence electrons. The van der Waals surface area contributed by atoms with Gasteiger partial charge in [0.25, 0.3) is 0 Å². The van der Waals surface area contributed by atoms with E-state index in [1.165, 1.54) is 0 Å². The summed E-state index contributed by atoms with van der Waals surface area (Å²) in [6.45, 7) is 9.54. The van der Waals surface area contributed by atoms with E-state index in [0.717, 1.165) is 33.4 Å². The summed E-state index contributed by atoms with van der Waals surface area (Å²) in [5.74, 6) is 1.33. The Labute approximate surface area is 301 Å². The fourth-order valence-corrected chi connectivity index (χ4v) is 6.38. The van der Waals surface area contributed by atoms with Gasteiger partial charge in [-0.1, -0.05) is 97.1 Å². The molecule has 1 saturated heterocycles. The Bertz CT molecular complexity index is 1610. The Balaban J connectivity index is 1.65. The second-order valence-corrected chi connectivity index (χ2v) is 12.7. The Kier molecular flexibility index (Phi) is 14.4. The van der Waals surface area contributed by atoms with Crippen molar-refractivity contribution in [1.29, 1.82) is 0 Å². The predicted octanol–water partition coefficient (Wildman–Crippen LogP) is 5.82. The van der Waals surface area contributed by atoms with Crippen LogP contribution in [-0.4, -0.2) is 86.5 Å². The fraction of sp³-hybridized carbons (Fsp3) is 0.349. The highest BCUT2D eigenvalue weighted by Crippen LogP contribution is 2.47. The minimum absolute atomic E-state index is 0.0275. The maximum Gasteiger partial charge on any atom is 0.122 e. The van der Waals surface area contributed by atoms with Crippen LogP contribution in [-0.2, 0) is 32.5 Å². The lowest BCUT2D eigenvalue weighted by Crippen LogP contribution is -2.31. The highest BCUT2D eigenvalue weighted by molar-refractivity contribution is 5.62. The van der Waals surface area contributed by atoms with Gasteiger partial charge in [0.05, 0.1) is 44.6 Å². The quantitative estimate of drug-likeness (QED) is 0.0386. The van der Waals surface area contributed by atoms with Crippen LogP contribution in [0.15, 0.2) is 122 Å². The van der Waals surface area contributed by atoms with Gasteiger partial charge in [-0.05, 0) is 58.4 Å². The normalized spacial score (nSPS) is 15.2. The standard InChI is InChI=1S/C43H50O8/c1-3-22-47-27-38(45)26-33-25-37(18-20-42(33)51-31-40-30-49-40)43(34-13-7-5-8-14-34,35-15-9-6-10-16-35)36-17-19-41(32(24-36)12-11-21-44)50-29-39(46)28-48-23-4-2/h3-10,13-20,24-25,38-40,44-46H,1-2,11-12,21-23,26-31H2. The van der Waals surface area contributed by atoms with Crippen molar-refractivity contribution in [2.45, 2.75) is 43.0 Å². The molecule has 3 N–H and O–H groups in total. The molecule has 5 rings (SSSR count). The van der Waals surface area contributed by atoms with Crippen molar-refractivity contribution in [3.8, 4) is 11.5 Å². The number of ether oxygens (including phenoxy) is 5. The van der Waals surface area contributed by atoms with E-state index in [1.54, 1.807) is 12.2 Å². The van der Waals surface area contributed by atoms with Crippen molar-refractivity contribution < 1.29 is 39.0 Å². The van der Waals surface area contributed by atoms with Gasteiger partial charge in [0, 0.05) is 13.0 Å². The smallest absolute Gasteiger partial charge is 0.122 e. The van der Waals surface area contributed by atoms with Crippen LogP contribution in [0, 0.1) is 0 Å². The second-order valence-electron chi connectivity index (χ2n) is 12.7. The first-order valence-corrected chi connectivity index (χ1v) is 17.6. The van der Waals surface area contributed by atoms with Crippen LogP contribution >= 0.6 is 0 Å². The average molecular weight is 695 g/mol. The van der Waals surface area contributed by atoms with Gasteiger partial charge in [0.1, 0.15) is 36.9 Å². The number of hydrogen-bond acceptors (Lipinski definition) is 8. The summed E-state index contributed by atoms with van der Waals surface area (Å²) >= 11 is 0. The molecule has 0 saturated carbocycles. The molecule has 3 unspecified atom stereocenters. The van der Waals surface area contributed by atoms with E-state index in [9.17, 15) is 15.3 Å². The maximum atomic E-state index is 11.1. The zero-order chi connectivity index (χ0) is 35.9. The number of aryl methyl sites for hydroxylation is 1. The van der Waals surface area contributed by atoms with Crippen molar-refractivity contribution in [2.24, 2.45) is 0 Å². The zero-order valence-electron chi connectivity index (χ0n) is 29.2. The minimum atomic E-state index is -0.814. The first-order chi connectivity index (χ1) is 25.0. The lowest BCUT2D eigenvalue weighted by atomic mass is 9.64. The third-order valence-corrected chi connectivity index (χ3v) is 8.81. The maximum absolute atomic E-state index is 11.1.